The lowest BCUT2D eigenvalue weighted by atomic mass is 9.80. The molecule has 3 saturated heterocycles. The Hall–Kier alpha value is -0.810. The van der Waals surface area contributed by atoms with Crippen LogP contribution < -0.4 is 16.0 Å². The quantitative estimate of drug-likeness (QED) is 0.381. The average Bonchev–Trinajstić information content (AvgIpc) is 3.36. The Morgan fingerprint density at radius 3 is 2.55 bits per heavy atom. The van der Waals surface area contributed by atoms with Crippen molar-refractivity contribution in [2.24, 2.45) is 5.92 Å². The Bertz CT molecular complexity index is 750. The zero-order valence-corrected chi connectivity index (χ0v) is 24.2. The number of fused-ring (bicyclic) bond motifs is 1. The van der Waals surface area contributed by atoms with Gasteiger partial charge in [-0.2, -0.15) is 0 Å². The predicted molar refractivity (Wildman–Crippen MR) is 150 cm³/mol. The summed E-state index contributed by atoms with van der Waals surface area (Å²) in [6.45, 7) is 9.71. The molecule has 8 unspecified atom stereocenters. The molecule has 0 spiro atoms. The number of carbonyl (C=O) groups excluding carboxylic acids is 1. The molecule has 5 fully saturated rings. The van der Waals surface area contributed by atoms with E-state index in [1.807, 2.05) is 0 Å². The molecular formula is C29H54N6O3. The molecule has 0 aromatic heterocycles. The SMILES string of the molecule is COCCOC1CC(N2CCN(C)CC2)CCC1NC1CC(NC2CCCC3CCN(C(C)=O)C32)CCN1. The van der Waals surface area contributed by atoms with Gasteiger partial charge in [0.05, 0.1) is 25.5 Å². The average molecular weight is 535 g/mol. The Morgan fingerprint density at radius 2 is 1.76 bits per heavy atom. The second kappa shape index (κ2) is 13.7. The van der Waals surface area contributed by atoms with Gasteiger partial charge >= 0.3 is 0 Å². The molecule has 3 aliphatic heterocycles. The fourth-order valence-electron chi connectivity index (χ4n) is 8.10. The molecule has 0 aromatic carbocycles. The Labute approximate surface area is 230 Å². The van der Waals surface area contributed by atoms with E-state index in [0.717, 1.165) is 38.8 Å². The number of ether oxygens (including phenoxy) is 2. The number of amides is 1. The third-order valence-corrected chi connectivity index (χ3v) is 10.2. The summed E-state index contributed by atoms with van der Waals surface area (Å²) in [5.41, 5.74) is 0. The first-order valence-electron chi connectivity index (χ1n) is 15.6. The van der Waals surface area contributed by atoms with Crippen LogP contribution >= 0.6 is 0 Å². The number of rotatable bonds is 9. The molecule has 1 amide bonds. The minimum atomic E-state index is 0.223. The fourth-order valence-corrected chi connectivity index (χ4v) is 8.10. The van der Waals surface area contributed by atoms with Crippen molar-refractivity contribution in [1.29, 1.82) is 0 Å². The first-order valence-corrected chi connectivity index (χ1v) is 15.6. The van der Waals surface area contributed by atoms with E-state index in [-0.39, 0.29) is 12.0 Å². The molecule has 5 aliphatic rings. The van der Waals surface area contributed by atoms with Crippen molar-refractivity contribution in [1.82, 2.24) is 30.7 Å². The number of hydrogen-bond acceptors (Lipinski definition) is 8. The first kappa shape index (κ1) is 28.7. The smallest absolute Gasteiger partial charge is 0.219 e. The first-order chi connectivity index (χ1) is 18.5. The van der Waals surface area contributed by atoms with Gasteiger partial charge in [0.1, 0.15) is 0 Å². The van der Waals surface area contributed by atoms with Crippen molar-refractivity contribution < 1.29 is 14.3 Å². The monoisotopic (exact) mass is 534 g/mol. The topological polar surface area (TPSA) is 81.3 Å². The van der Waals surface area contributed by atoms with Crippen LogP contribution in [0.2, 0.25) is 0 Å². The van der Waals surface area contributed by atoms with E-state index < -0.39 is 0 Å². The van der Waals surface area contributed by atoms with Gasteiger partial charge in [-0.1, -0.05) is 6.42 Å². The molecule has 2 aliphatic carbocycles. The minimum absolute atomic E-state index is 0.223. The van der Waals surface area contributed by atoms with Gasteiger partial charge < -0.3 is 29.9 Å². The zero-order valence-electron chi connectivity index (χ0n) is 24.2. The number of likely N-dealkylation sites (N-methyl/N-ethyl adjacent to an activating group) is 1. The van der Waals surface area contributed by atoms with Gasteiger partial charge in [0.2, 0.25) is 5.91 Å². The van der Waals surface area contributed by atoms with Crippen LogP contribution in [0.15, 0.2) is 0 Å². The van der Waals surface area contributed by atoms with Gasteiger partial charge in [0.25, 0.3) is 0 Å². The number of nitrogens with one attached hydrogen (secondary N) is 3. The molecule has 9 nitrogen and oxygen atoms in total. The van der Waals surface area contributed by atoms with E-state index in [4.69, 9.17) is 9.47 Å². The highest BCUT2D eigenvalue weighted by atomic mass is 16.5. The Kier molecular flexibility index (Phi) is 10.4. The summed E-state index contributed by atoms with van der Waals surface area (Å²) in [6, 6.07) is 2.31. The Balaban J connectivity index is 1.15. The Morgan fingerprint density at radius 1 is 0.921 bits per heavy atom. The van der Waals surface area contributed by atoms with Gasteiger partial charge in [-0.3, -0.25) is 15.0 Å². The number of likely N-dealkylation sites (tertiary alicyclic amines) is 1. The molecular weight excluding hydrogens is 480 g/mol. The molecule has 8 atom stereocenters. The number of nitrogens with zero attached hydrogens (tertiary/aromatic N) is 3. The summed E-state index contributed by atoms with van der Waals surface area (Å²) in [4.78, 5) is 19.6. The number of carbonyl (C=O) groups is 1. The number of methoxy groups -OCH3 is 1. The largest absolute Gasteiger partial charge is 0.382 e. The second-order valence-electron chi connectivity index (χ2n) is 12.7. The van der Waals surface area contributed by atoms with E-state index in [2.05, 4.69) is 37.7 Å². The maximum absolute atomic E-state index is 12.3. The van der Waals surface area contributed by atoms with E-state index in [1.165, 1.54) is 58.3 Å². The minimum Gasteiger partial charge on any atom is -0.382 e. The van der Waals surface area contributed by atoms with Crippen LogP contribution in [-0.4, -0.2) is 130 Å². The van der Waals surface area contributed by atoms with Crippen molar-refractivity contribution >= 4 is 5.91 Å². The van der Waals surface area contributed by atoms with Crippen molar-refractivity contribution in [3.05, 3.63) is 0 Å². The maximum Gasteiger partial charge on any atom is 0.219 e. The summed E-state index contributed by atoms with van der Waals surface area (Å²) in [5, 5.41) is 11.8. The summed E-state index contributed by atoms with van der Waals surface area (Å²) >= 11 is 0. The van der Waals surface area contributed by atoms with Gasteiger partial charge in [-0.25, -0.2) is 0 Å². The third kappa shape index (κ3) is 7.09. The van der Waals surface area contributed by atoms with E-state index in [0.29, 0.717) is 55.5 Å². The lowest BCUT2D eigenvalue weighted by Gasteiger charge is -2.46. The molecule has 38 heavy (non-hydrogen) atoms. The summed E-state index contributed by atoms with van der Waals surface area (Å²) in [6.07, 6.45) is 11.2. The van der Waals surface area contributed by atoms with Gasteiger partial charge in [0, 0.05) is 77.0 Å². The van der Waals surface area contributed by atoms with E-state index >= 15 is 0 Å². The van der Waals surface area contributed by atoms with Gasteiger partial charge in [0.15, 0.2) is 0 Å². The van der Waals surface area contributed by atoms with E-state index in [9.17, 15) is 4.79 Å². The second-order valence-corrected chi connectivity index (χ2v) is 12.7. The van der Waals surface area contributed by atoms with Crippen LogP contribution in [0.3, 0.4) is 0 Å². The molecule has 2 saturated carbocycles. The van der Waals surface area contributed by atoms with Crippen LogP contribution in [0, 0.1) is 5.92 Å². The fraction of sp³-hybridized carbons (Fsp3) is 0.966. The lowest BCUT2D eigenvalue weighted by molar-refractivity contribution is -0.131. The van der Waals surface area contributed by atoms with Crippen molar-refractivity contribution in [3.63, 3.8) is 0 Å². The molecule has 5 rings (SSSR count). The number of piperazine rings is 1. The molecule has 0 radical (unpaired) electrons. The van der Waals surface area contributed by atoms with Crippen molar-refractivity contribution in [3.8, 4) is 0 Å². The van der Waals surface area contributed by atoms with Crippen LogP contribution in [0.1, 0.15) is 64.7 Å². The van der Waals surface area contributed by atoms with Crippen molar-refractivity contribution in [2.45, 2.75) is 107 Å². The van der Waals surface area contributed by atoms with Crippen LogP contribution in [0.25, 0.3) is 0 Å². The highest BCUT2D eigenvalue weighted by Gasteiger charge is 2.44. The van der Waals surface area contributed by atoms with Crippen molar-refractivity contribution in [2.75, 3.05) is 66.6 Å². The number of piperidine rings is 1. The molecule has 3 heterocycles. The molecule has 218 valence electrons. The molecule has 0 bridgehead atoms. The highest BCUT2D eigenvalue weighted by Crippen LogP contribution is 2.37. The highest BCUT2D eigenvalue weighted by molar-refractivity contribution is 5.74. The van der Waals surface area contributed by atoms with Crippen LogP contribution in [-0.2, 0) is 14.3 Å². The van der Waals surface area contributed by atoms with Crippen LogP contribution in [0.4, 0.5) is 0 Å². The normalized spacial score (nSPS) is 39.3. The predicted octanol–water partition coefficient (Wildman–Crippen LogP) is 1.23. The van der Waals surface area contributed by atoms with Crippen LogP contribution in [0.5, 0.6) is 0 Å². The zero-order chi connectivity index (χ0) is 26.5. The molecule has 9 heteroatoms. The third-order valence-electron chi connectivity index (χ3n) is 10.2. The summed E-state index contributed by atoms with van der Waals surface area (Å²) in [7, 11) is 3.98. The number of hydrogen-bond donors (Lipinski definition) is 3. The van der Waals surface area contributed by atoms with Gasteiger partial charge in [-0.05, 0) is 70.9 Å². The lowest BCUT2D eigenvalue weighted by Crippen LogP contribution is -2.62. The molecule has 0 aromatic rings. The maximum atomic E-state index is 12.3. The van der Waals surface area contributed by atoms with Gasteiger partial charge in [-0.15, -0.1) is 0 Å². The standard InChI is InChI=1S/C29H54N6O3/c1-21(36)35-12-10-22-5-4-6-26(29(22)35)31-23-9-11-30-28(19-23)32-25-8-7-24(20-27(25)38-18-17-37-3)34-15-13-33(2)14-16-34/h22-32H,4-20H2,1-3H3. The van der Waals surface area contributed by atoms with E-state index in [1.54, 1.807) is 14.0 Å². The summed E-state index contributed by atoms with van der Waals surface area (Å²) in [5.74, 6) is 0.934. The molecule has 3 N–H and O–H groups in total. The summed E-state index contributed by atoms with van der Waals surface area (Å²) < 4.78 is 11.7.